The molecular weight excluding hydrogens is 458 g/mol. The fraction of sp³-hybridized carbons (Fsp3) is 0.200. The second-order valence-electron chi connectivity index (χ2n) is 4.67. The van der Waals surface area contributed by atoms with E-state index in [1.165, 1.54) is 6.07 Å². The summed E-state index contributed by atoms with van der Waals surface area (Å²) < 4.78 is 39.8. The fourth-order valence-corrected chi connectivity index (χ4v) is 2.81. The lowest BCUT2D eigenvalue weighted by molar-refractivity contribution is -0.138. The van der Waals surface area contributed by atoms with Crippen molar-refractivity contribution in [2.45, 2.75) is 18.6 Å². The number of hydrogen-bond donors (Lipinski definition) is 1. The minimum atomic E-state index is -4.39. The summed E-state index contributed by atoms with van der Waals surface area (Å²) in [5, 5.41) is 0. The van der Waals surface area contributed by atoms with Gasteiger partial charge in [0, 0.05) is 14.1 Å². The number of benzene rings is 2. The third-order valence-corrected chi connectivity index (χ3v) is 4.50. The van der Waals surface area contributed by atoms with E-state index in [-0.39, 0.29) is 4.47 Å². The molecule has 0 aliphatic rings. The molecule has 112 valence electrons. The van der Waals surface area contributed by atoms with Gasteiger partial charge in [-0.1, -0.05) is 34.1 Å². The molecule has 0 saturated heterocycles. The fourth-order valence-electron chi connectivity index (χ4n) is 1.98. The predicted octanol–water partition coefficient (Wildman–Crippen LogP) is 5.32. The summed E-state index contributed by atoms with van der Waals surface area (Å²) in [7, 11) is 0. The second-order valence-corrected chi connectivity index (χ2v) is 6.77. The Morgan fingerprint density at radius 1 is 1.10 bits per heavy atom. The molecule has 6 heteroatoms. The van der Waals surface area contributed by atoms with Crippen molar-refractivity contribution in [3.8, 4) is 0 Å². The molecule has 2 aromatic carbocycles. The summed E-state index contributed by atoms with van der Waals surface area (Å²) in [4.78, 5) is 0. The summed E-state index contributed by atoms with van der Waals surface area (Å²) in [5.41, 5.74) is 6.82. The predicted molar refractivity (Wildman–Crippen MR) is 88.9 cm³/mol. The van der Waals surface area contributed by atoms with E-state index in [4.69, 9.17) is 5.73 Å². The Balaban J connectivity index is 2.23. The van der Waals surface area contributed by atoms with Crippen LogP contribution in [-0.2, 0) is 12.6 Å². The van der Waals surface area contributed by atoms with Crippen LogP contribution >= 0.6 is 38.5 Å². The van der Waals surface area contributed by atoms with Gasteiger partial charge in [-0.25, -0.2) is 0 Å². The van der Waals surface area contributed by atoms with Crippen LogP contribution in [0.3, 0.4) is 0 Å². The lowest BCUT2D eigenvalue weighted by atomic mass is 9.98. The highest BCUT2D eigenvalue weighted by molar-refractivity contribution is 14.1. The van der Waals surface area contributed by atoms with Gasteiger partial charge in [0.2, 0.25) is 0 Å². The minimum absolute atomic E-state index is 0.0280. The van der Waals surface area contributed by atoms with E-state index in [2.05, 4.69) is 38.5 Å². The quantitative estimate of drug-likeness (QED) is 0.605. The van der Waals surface area contributed by atoms with E-state index >= 15 is 0 Å². The Hall–Kier alpha value is -0.600. The molecule has 2 aromatic rings. The maximum Gasteiger partial charge on any atom is 0.417 e. The molecule has 0 aliphatic heterocycles. The summed E-state index contributed by atoms with van der Waals surface area (Å²) in [5.74, 6) is 0. The molecule has 1 nitrogen and oxygen atoms in total. The Labute approximate surface area is 143 Å². The molecule has 0 aliphatic carbocycles. The van der Waals surface area contributed by atoms with Gasteiger partial charge in [-0.15, -0.1) is 0 Å². The van der Waals surface area contributed by atoms with Crippen molar-refractivity contribution in [2.24, 2.45) is 5.73 Å². The normalized spacial score (nSPS) is 13.2. The standard InChI is InChI=1S/C15H12BrF3IN/c16-13-6-3-10(8-12(13)15(17,18)19)14(21)7-9-1-4-11(20)5-2-9/h1-6,8,14H,7,21H2. The molecule has 21 heavy (non-hydrogen) atoms. The highest BCUT2D eigenvalue weighted by atomic mass is 127. The smallest absolute Gasteiger partial charge is 0.324 e. The van der Waals surface area contributed by atoms with Gasteiger partial charge in [-0.2, -0.15) is 13.2 Å². The van der Waals surface area contributed by atoms with E-state index in [9.17, 15) is 13.2 Å². The molecule has 0 fully saturated rings. The van der Waals surface area contributed by atoms with Gasteiger partial charge >= 0.3 is 6.18 Å². The summed E-state index contributed by atoms with van der Waals surface area (Å²) in [6, 6.07) is 11.4. The average Bonchev–Trinajstić information content (AvgIpc) is 2.40. The zero-order valence-corrected chi connectivity index (χ0v) is 14.5. The van der Waals surface area contributed by atoms with Crippen molar-refractivity contribution in [1.82, 2.24) is 0 Å². The van der Waals surface area contributed by atoms with Crippen molar-refractivity contribution < 1.29 is 13.2 Å². The Morgan fingerprint density at radius 2 is 1.71 bits per heavy atom. The first-order chi connectivity index (χ1) is 9.77. The first kappa shape index (κ1) is 16.8. The van der Waals surface area contributed by atoms with Crippen LogP contribution in [-0.4, -0.2) is 0 Å². The van der Waals surface area contributed by atoms with Gasteiger partial charge in [0.1, 0.15) is 0 Å². The highest BCUT2D eigenvalue weighted by Crippen LogP contribution is 2.36. The molecule has 2 N–H and O–H groups in total. The van der Waals surface area contributed by atoms with Crippen LogP contribution in [0.2, 0.25) is 0 Å². The molecular formula is C15H12BrF3IN. The molecule has 0 bridgehead atoms. The number of rotatable bonds is 3. The lowest BCUT2D eigenvalue weighted by Gasteiger charge is -2.16. The molecule has 1 atom stereocenters. The van der Waals surface area contributed by atoms with E-state index in [1.807, 2.05) is 24.3 Å². The number of halogens is 5. The van der Waals surface area contributed by atoms with Crippen molar-refractivity contribution in [3.05, 3.63) is 67.2 Å². The zero-order valence-electron chi connectivity index (χ0n) is 10.8. The van der Waals surface area contributed by atoms with Crippen LogP contribution < -0.4 is 5.73 Å². The Kier molecular flexibility index (Phi) is 5.32. The zero-order chi connectivity index (χ0) is 15.6. The van der Waals surface area contributed by atoms with Gasteiger partial charge in [-0.05, 0) is 64.4 Å². The molecule has 0 radical (unpaired) electrons. The van der Waals surface area contributed by atoms with Crippen LogP contribution in [0.25, 0.3) is 0 Å². The van der Waals surface area contributed by atoms with E-state index < -0.39 is 17.8 Å². The highest BCUT2D eigenvalue weighted by Gasteiger charge is 2.33. The maximum atomic E-state index is 12.9. The summed E-state index contributed by atoms with van der Waals surface area (Å²) in [6.45, 7) is 0. The van der Waals surface area contributed by atoms with Crippen LogP contribution in [0, 0.1) is 3.57 Å². The molecule has 0 amide bonds. The minimum Gasteiger partial charge on any atom is -0.324 e. The van der Waals surface area contributed by atoms with E-state index in [0.29, 0.717) is 12.0 Å². The molecule has 2 rings (SSSR count). The van der Waals surface area contributed by atoms with Crippen molar-refractivity contribution in [3.63, 3.8) is 0 Å². The van der Waals surface area contributed by atoms with Crippen molar-refractivity contribution in [2.75, 3.05) is 0 Å². The SMILES string of the molecule is NC(Cc1ccc(I)cc1)c1ccc(Br)c(C(F)(F)F)c1. The number of alkyl halides is 3. The molecule has 0 aromatic heterocycles. The molecule has 0 heterocycles. The third kappa shape index (κ3) is 4.43. The van der Waals surface area contributed by atoms with Crippen LogP contribution in [0.15, 0.2) is 46.9 Å². The number of nitrogens with two attached hydrogens (primary N) is 1. The van der Waals surface area contributed by atoms with Crippen molar-refractivity contribution >= 4 is 38.5 Å². The molecule has 0 spiro atoms. The maximum absolute atomic E-state index is 12.9. The van der Waals surface area contributed by atoms with Crippen LogP contribution in [0.5, 0.6) is 0 Å². The third-order valence-electron chi connectivity index (χ3n) is 3.09. The van der Waals surface area contributed by atoms with Gasteiger partial charge < -0.3 is 5.73 Å². The average molecular weight is 470 g/mol. The van der Waals surface area contributed by atoms with Gasteiger partial charge in [0.05, 0.1) is 5.56 Å². The Bertz CT molecular complexity index is 626. The summed E-state index contributed by atoms with van der Waals surface area (Å²) >= 11 is 5.13. The van der Waals surface area contributed by atoms with Crippen molar-refractivity contribution in [1.29, 1.82) is 0 Å². The van der Waals surface area contributed by atoms with Gasteiger partial charge in [0.25, 0.3) is 0 Å². The van der Waals surface area contributed by atoms with Crippen LogP contribution in [0.1, 0.15) is 22.7 Å². The van der Waals surface area contributed by atoms with E-state index in [1.54, 1.807) is 6.07 Å². The lowest BCUT2D eigenvalue weighted by Crippen LogP contribution is -2.15. The number of hydrogen-bond acceptors (Lipinski definition) is 1. The first-order valence-corrected chi connectivity index (χ1v) is 8.01. The Morgan fingerprint density at radius 3 is 2.29 bits per heavy atom. The summed E-state index contributed by atoms with van der Waals surface area (Å²) in [6.07, 6.45) is -3.90. The second kappa shape index (κ2) is 6.66. The monoisotopic (exact) mass is 469 g/mol. The first-order valence-electron chi connectivity index (χ1n) is 6.14. The largest absolute Gasteiger partial charge is 0.417 e. The van der Waals surface area contributed by atoms with Crippen LogP contribution in [0.4, 0.5) is 13.2 Å². The van der Waals surface area contributed by atoms with Gasteiger partial charge in [-0.3, -0.25) is 0 Å². The topological polar surface area (TPSA) is 26.0 Å². The molecule has 1 unspecified atom stereocenters. The van der Waals surface area contributed by atoms with E-state index in [0.717, 1.165) is 15.2 Å². The molecule has 0 saturated carbocycles. The van der Waals surface area contributed by atoms with Gasteiger partial charge in [0.15, 0.2) is 0 Å².